The maximum atomic E-state index is 12.9. The molecular weight excluding hydrogens is 809 g/mol. The fourth-order valence-corrected chi connectivity index (χ4v) is 9.21. The third-order valence-electron chi connectivity index (χ3n) is 13.0. The van der Waals surface area contributed by atoms with Gasteiger partial charge in [-0.25, -0.2) is 4.98 Å². The van der Waals surface area contributed by atoms with Crippen molar-refractivity contribution in [3.63, 3.8) is 0 Å². The molecule has 2 aromatic heterocycles. The topological polar surface area (TPSA) is 167 Å². The Morgan fingerprint density at radius 1 is 0.750 bits per heavy atom. The van der Waals surface area contributed by atoms with Crippen molar-refractivity contribution in [3.05, 3.63) is 52.5 Å². The number of morpholine rings is 1. The number of aromatic nitrogens is 2. The van der Waals surface area contributed by atoms with E-state index in [0.29, 0.717) is 32.1 Å². The van der Waals surface area contributed by atoms with Crippen molar-refractivity contribution in [2.45, 2.75) is 199 Å². The van der Waals surface area contributed by atoms with E-state index in [0.717, 1.165) is 96.0 Å². The molecule has 0 spiro atoms. The molecule has 6 atom stereocenters. The second-order valence-corrected chi connectivity index (χ2v) is 18.5. The van der Waals surface area contributed by atoms with Gasteiger partial charge in [0, 0.05) is 36.1 Å². The molecule has 1 amide bonds. The number of fused-ring (bicyclic) bond motifs is 2. The second kappa shape index (κ2) is 29.8. The molecule has 0 radical (unpaired) electrons. The highest BCUT2D eigenvalue weighted by Crippen LogP contribution is 2.24. The Kier molecular flexibility index (Phi) is 24.7. The van der Waals surface area contributed by atoms with E-state index in [9.17, 15) is 14.4 Å². The van der Waals surface area contributed by atoms with Crippen molar-refractivity contribution < 1.29 is 33.3 Å². The normalized spacial score (nSPS) is 21.3. The Labute approximate surface area is 385 Å². The van der Waals surface area contributed by atoms with Crippen LogP contribution >= 0.6 is 0 Å². The lowest BCUT2D eigenvalue weighted by atomic mass is 9.95. The first kappa shape index (κ1) is 53.0. The summed E-state index contributed by atoms with van der Waals surface area (Å²) in [6, 6.07) is 9.14. The number of amides is 1. The molecule has 0 aromatic carbocycles. The van der Waals surface area contributed by atoms with Crippen LogP contribution in [0.1, 0.15) is 165 Å². The van der Waals surface area contributed by atoms with Gasteiger partial charge in [0.1, 0.15) is 18.1 Å². The van der Waals surface area contributed by atoms with Crippen LogP contribution in [0.4, 0.5) is 5.82 Å². The highest BCUT2D eigenvalue weighted by atomic mass is 16.5. The summed E-state index contributed by atoms with van der Waals surface area (Å²) in [6.45, 7) is 11.3. The minimum Gasteiger partial charge on any atom is -0.469 e. The fourth-order valence-electron chi connectivity index (χ4n) is 9.21. The van der Waals surface area contributed by atoms with Crippen LogP contribution in [0.3, 0.4) is 0 Å². The van der Waals surface area contributed by atoms with E-state index in [4.69, 9.17) is 29.9 Å². The van der Waals surface area contributed by atoms with Gasteiger partial charge >= 0.3 is 11.9 Å². The maximum absolute atomic E-state index is 12.9. The first-order valence-electron chi connectivity index (χ1n) is 24.9. The lowest BCUT2D eigenvalue weighted by Crippen LogP contribution is -2.53. The lowest BCUT2D eigenvalue weighted by molar-refractivity contribution is -0.153. The number of rotatable bonds is 20. The Morgan fingerprint density at radius 2 is 1.34 bits per heavy atom. The van der Waals surface area contributed by atoms with Gasteiger partial charge in [-0.1, -0.05) is 63.5 Å². The van der Waals surface area contributed by atoms with Gasteiger partial charge in [0.25, 0.3) is 0 Å². The number of methoxy groups -OCH3 is 2. The number of carbonyl (C=O) groups is 3. The zero-order valence-corrected chi connectivity index (χ0v) is 40.4. The number of carbonyl (C=O) groups excluding carboxylic acids is 3. The Bertz CT molecular complexity index is 1660. The molecule has 4 N–H and O–H groups in total. The highest BCUT2D eigenvalue weighted by Gasteiger charge is 2.33. The molecule has 2 saturated heterocycles. The van der Waals surface area contributed by atoms with Crippen molar-refractivity contribution in [1.29, 1.82) is 0 Å². The molecule has 64 heavy (non-hydrogen) atoms. The number of nitrogens with two attached hydrogens (primary N) is 1. The van der Waals surface area contributed by atoms with Crippen LogP contribution in [-0.2, 0) is 65.4 Å². The SMILES string of the molecule is COC(=O)[C@@H](N)CCCCCCCc1ccc2c(n1)NCCC2.COC(=O)[C@H](CCCCCCCc1ccc2c(n1)CCCC2)CC(=O)N1[C@H](C)COC[C@@H]1C.C[C@H]1CCO[C@@H](C)N1. The van der Waals surface area contributed by atoms with Crippen LogP contribution in [0.2, 0.25) is 0 Å². The minimum absolute atomic E-state index is 0.0336. The van der Waals surface area contributed by atoms with Crippen LogP contribution in [0.5, 0.6) is 0 Å². The monoisotopic (exact) mass is 893 g/mol. The number of nitrogens with zero attached hydrogens (tertiary/aromatic N) is 3. The summed E-state index contributed by atoms with van der Waals surface area (Å²) in [5.74, 6) is 0.189. The van der Waals surface area contributed by atoms with E-state index in [1.54, 1.807) is 0 Å². The van der Waals surface area contributed by atoms with Gasteiger partial charge in [-0.3, -0.25) is 24.7 Å². The largest absolute Gasteiger partial charge is 0.469 e. The molecule has 0 bridgehead atoms. The van der Waals surface area contributed by atoms with Crippen LogP contribution in [0, 0.1) is 5.92 Å². The summed E-state index contributed by atoms with van der Waals surface area (Å²) in [7, 11) is 2.79. The fraction of sp³-hybridized carbons (Fsp3) is 0.745. The van der Waals surface area contributed by atoms with Crippen molar-refractivity contribution in [1.82, 2.24) is 20.2 Å². The summed E-state index contributed by atoms with van der Waals surface area (Å²) in [4.78, 5) is 47.9. The summed E-state index contributed by atoms with van der Waals surface area (Å²) in [5, 5.41) is 6.64. The van der Waals surface area contributed by atoms with Crippen LogP contribution < -0.4 is 16.4 Å². The van der Waals surface area contributed by atoms with Gasteiger partial charge in [-0.2, -0.15) is 0 Å². The molecule has 2 fully saturated rings. The minimum atomic E-state index is -0.466. The average molecular weight is 893 g/mol. The Hall–Kier alpha value is -3.65. The van der Waals surface area contributed by atoms with Gasteiger partial charge < -0.3 is 34.9 Å². The zero-order valence-electron chi connectivity index (χ0n) is 40.4. The van der Waals surface area contributed by atoms with E-state index in [2.05, 4.69) is 46.6 Å². The number of aryl methyl sites for hydroxylation is 5. The summed E-state index contributed by atoms with van der Waals surface area (Å²) in [6.07, 6.45) is 23.5. The molecule has 360 valence electrons. The maximum Gasteiger partial charge on any atom is 0.322 e. The number of esters is 2. The summed E-state index contributed by atoms with van der Waals surface area (Å²) >= 11 is 0. The van der Waals surface area contributed by atoms with Gasteiger partial charge in [0.15, 0.2) is 0 Å². The number of anilines is 1. The average Bonchev–Trinajstić information content (AvgIpc) is 3.30. The molecule has 4 aliphatic rings. The molecular formula is C51H84N6O7. The Balaban J connectivity index is 0.000000249. The molecule has 0 unspecified atom stereocenters. The van der Waals surface area contributed by atoms with E-state index >= 15 is 0 Å². The molecule has 5 heterocycles. The van der Waals surface area contributed by atoms with E-state index < -0.39 is 6.04 Å². The molecule has 6 rings (SSSR count). The summed E-state index contributed by atoms with van der Waals surface area (Å²) in [5.41, 5.74) is 12.2. The van der Waals surface area contributed by atoms with Crippen molar-refractivity contribution in [3.8, 4) is 0 Å². The van der Waals surface area contributed by atoms with Crippen LogP contribution in [-0.4, -0.2) is 104 Å². The number of hydrogen-bond acceptors (Lipinski definition) is 12. The molecule has 13 heteroatoms. The smallest absolute Gasteiger partial charge is 0.322 e. The quantitative estimate of drug-likeness (QED) is 0.0863. The predicted molar refractivity (Wildman–Crippen MR) is 254 cm³/mol. The molecule has 1 aliphatic carbocycles. The number of hydrogen-bond donors (Lipinski definition) is 3. The Morgan fingerprint density at radius 3 is 1.98 bits per heavy atom. The lowest BCUT2D eigenvalue weighted by Gasteiger charge is -2.39. The second-order valence-electron chi connectivity index (χ2n) is 18.5. The summed E-state index contributed by atoms with van der Waals surface area (Å²) < 4.78 is 20.4. The molecule has 2 aromatic rings. The van der Waals surface area contributed by atoms with E-state index in [1.165, 1.54) is 87.4 Å². The van der Waals surface area contributed by atoms with Gasteiger partial charge in [0.05, 0.1) is 52.0 Å². The molecule has 0 saturated carbocycles. The first-order valence-corrected chi connectivity index (χ1v) is 24.9. The van der Waals surface area contributed by atoms with E-state index in [-0.39, 0.29) is 48.5 Å². The van der Waals surface area contributed by atoms with Crippen molar-refractivity contribution >= 4 is 23.7 Å². The number of ether oxygens (including phenoxy) is 4. The first-order chi connectivity index (χ1) is 31.0. The molecule has 13 nitrogen and oxygen atoms in total. The molecule has 3 aliphatic heterocycles. The van der Waals surface area contributed by atoms with Crippen molar-refractivity contribution in [2.24, 2.45) is 11.7 Å². The predicted octanol–water partition coefficient (Wildman–Crippen LogP) is 8.21. The van der Waals surface area contributed by atoms with Gasteiger partial charge in [-0.15, -0.1) is 0 Å². The third kappa shape index (κ3) is 19.1. The van der Waals surface area contributed by atoms with Crippen molar-refractivity contribution in [2.75, 3.05) is 45.9 Å². The van der Waals surface area contributed by atoms with E-state index in [1.807, 2.05) is 25.7 Å². The van der Waals surface area contributed by atoms with Gasteiger partial charge in [0.2, 0.25) is 5.91 Å². The van der Waals surface area contributed by atoms with Gasteiger partial charge in [-0.05, 0) is 134 Å². The highest BCUT2D eigenvalue weighted by molar-refractivity contribution is 5.83. The zero-order chi connectivity index (χ0) is 46.1. The third-order valence-corrected chi connectivity index (χ3v) is 13.0. The van der Waals surface area contributed by atoms with Crippen LogP contribution in [0.25, 0.3) is 0 Å². The van der Waals surface area contributed by atoms with Crippen LogP contribution in [0.15, 0.2) is 24.3 Å². The number of nitrogens with one attached hydrogen (secondary N) is 2. The number of pyridine rings is 2. The number of unbranched alkanes of at least 4 members (excludes halogenated alkanes) is 8. The standard InChI is InChI=1S/C27H42N2O4.C18H29N3O2.C6H13NO/c1-20-18-33-19-21(2)29(20)26(30)17-23(27(31)32-3)12-7-5-4-6-8-13-24-16-15-22-11-9-10-14-25(22)28-24;1-23-18(22)16(19)10-6-4-2-3-5-9-15-12-11-14-8-7-13-20-17(14)21-15;1-5-3-4-8-6(2)7-5/h15-16,20-21,23H,4-14,17-19H2,1-3H3;11-12,16H,2-10,13,19H2,1H3,(H,20,21);5-7H,3-4H2,1-2H3/t20-,21+,23-;16-;5-,6-/m100/s1.